The first-order chi connectivity index (χ1) is 16.1. The van der Waals surface area contributed by atoms with Gasteiger partial charge in [0.05, 0.1) is 18.7 Å². The quantitative estimate of drug-likeness (QED) is 0.296. The van der Waals surface area contributed by atoms with Gasteiger partial charge in [-0.1, -0.05) is 61.5 Å². The van der Waals surface area contributed by atoms with E-state index in [9.17, 15) is 9.59 Å². The molecule has 0 spiro atoms. The zero-order valence-electron chi connectivity index (χ0n) is 18.5. The van der Waals surface area contributed by atoms with Crippen LogP contribution in [0.25, 0.3) is 21.7 Å². The molecule has 0 bridgehead atoms. The zero-order valence-corrected chi connectivity index (χ0v) is 20.1. The largest absolute Gasteiger partial charge is 0.462 e. The lowest BCUT2D eigenvalue weighted by molar-refractivity contribution is -0.115. The fraction of sp³-hybridized carbons (Fsp3) is 0.192. The molecule has 0 radical (unpaired) electrons. The molecule has 7 heteroatoms. The molecule has 1 amide bonds. The minimum absolute atomic E-state index is 0.129. The molecule has 0 fully saturated rings. The topological polar surface area (TPSA) is 68.3 Å². The number of anilines is 1. The van der Waals surface area contributed by atoms with Crippen molar-refractivity contribution in [2.24, 2.45) is 0 Å². The number of thiazole rings is 1. The van der Waals surface area contributed by atoms with Gasteiger partial charge in [0.1, 0.15) is 15.6 Å². The molecule has 0 aliphatic carbocycles. The van der Waals surface area contributed by atoms with Crippen molar-refractivity contribution in [1.29, 1.82) is 0 Å². The maximum atomic E-state index is 12.8. The van der Waals surface area contributed by atoms with Crippen molar-refractivity contribution in [2.45, 2.75) is 26.7 Å². The third-order valence-electron chi connectivity index (χ3n) is 5.11. The molecule has 0 atom stereocenters. The number of aryl methyl sites for hydroxylation is 1. The van der Waals surface area contributed by atoms with Crippen LogP contribution in [0.3, 0.4) is 0 Å². The molecule has 2 aromatic heterocycles. The summed E-state index contributed by atoms with van der Waals surface area (Å²) < 4.78 is 5.29. The van der Waals surface area contributed by atoms with Gasteiger partial charge in [-0.2, -0.15) is 0 Å². The lowest BCUT2D eigenvalue weighted by Gasteiger charge is -2.09. The van der Waals surface area contributed by atoms with Gasteiger partial charge in [-0.05, 0) is 24.5 Å². The Balaban J connectivity index is 1.54. The van der Waals surface area contributed by atoms with Crippen molar-refractivity contribution in [3.8, 4) is 21.7 Å². The highest BCUT2D eigenvalue weighted by Crippen LogP contribution is 2.36. The van der Waals surface area contributed by atoms with Crippen LogP contribution >= 0.6 is 22.7 Å². The molecule has 0 aliphatic heterocycles. The number of hydrogen-bond donors (Lipinski definition) is 1. The van der Waals surface area contributed by atoms with Gasteiger partial charge in [0.15, 0.2) is 0 Å². The van der Waals surface area contributed by atoms with Crippen LogP contribution in [0, 0.1) is 0 Å². The second kappa shape index (κ2) is 10.6. The number of ether oxygens (including phenoxy) is 1. The molecule has 0 unspecified atom stereocenters. The molecular weight excluding hydrogens is 452 g/mol. The molecular formula is C26H24N2O3S2. The van der Waals surface area contributed by atoms with E-state index in [1.165, 1.54) is 28.2 Å². The first kappa shape index (κ1) is 22.9. The van der Waals surface area contributed by atoms with Gasteiger partial charge in [0.2, 0.25) is 5.91 Å². The molecule has 2 aromatic carbocycles. The van der Waals surface area contributed by atoms with Crippen LogP contribution in [0.15, 0.2) is 65.4 Å². The molecule has 1 N–H and O–H groups in total. The van der Waals surface area contributed by atoms with Gasteiger partial charge in [-0.15, -0.1) is 22.7 Å². The molecule has 0 saturated heterocycles. The Morgan fingerprint density at radius 1 is 0.939 bits per heavy atom. The van der Waals surface area contributed by atoms with Gasteiger partial charge >= 0.3 is 5.97 Å². The molecule has 4 rings (SSSR count). The summed E-state index contributed by atoms with van der Waals surface area (Å²) in [5.74, 6) is -0.663. The first-order valence-corrected chi connectivity index (χ1v) is 12.5. The number of thiophene rings is 1. The number of rotatable bonds is 8. The van der Waals surface area contributed by atoms with E-state index in [4.69, 9.17) is 4.74 Å². The highest BCUT2D eigenvalue weighted by molar-refractivity contribution is 7.15. The Morgan fingerprint density at radius 2 is 1.70 bits per heavy atom. The zero-order chi connectivity index (χ0) is 23.2. The number of aromatic nitrogens is 1. The molecule has 4 aromatic rings. The Hall–Kier alpha value is -3.29. The van der Waals surface area contributed by atoms with E-state index in [2.05, 4.69) is 17.2 Å². The fourth-order valence-electron chi connectivity index (χ4n) is 3.43. The lowest BCUT2D eigenvalue weighted by Crippen LogP contribution is -2.16. The Labute approximate surface area is 201 Å². The summed E-state index contributed by atoms with van der Waals surface area (Å²) in [5, 5.41) is 8.05. The summed E-state index contributed by atoms with van der Waals surface area (Å²) in [6.45, 7) is 4.13. The van der Waals surface area contributed by atoms with Crippen molar-refractivity contribution in [2.75, 3.05) is 11.9 Å². The molecule has 0 aliphatic rings. The highest BCUT2D eigenvalue weighted by Gasteiger charge is 2.23. The predicted octanol–water partition coefficient (Wildman–Crippen LogP) is 6.46. The third kappa shape index (κ3) is 5.38. The monoisotopic (exact) mass is 476 g/mol. The highest BCUT2D eigenvalue weighted by atomic mass is 32.1. The SMILES string of the molecule is CCOC(=O)c1c(-c2ccc(CC)cc2)csc1NC(=O)Cc1csc(-c2ccccc2)n1. The third-order valence-corrected chi connectivity index (χ3v) is 6.95. The van der Waals surface area contributed by atoms with E-state index in [-0.39, 0.29) is 18.9 Å². The average molecular weight is 477 g/mol. The Morgan fingerprint density at radius 3 is 2.39 bits per heavy atom. The number of hydrogen-bond acceptors (Lipinski definition) is 6. The molecule has 33 heavy (non-hydrogen) atoms. The Bertz CT molecular complexity index is 1240. The van der Waals surface area contributed by atoms with Gasteiger partial charge in [-0.3, -0.25) is 4.79 Å². The van der Waals surface area contributed by atoms with E-state index in [1.54, 1.807) is 6.92 Å². The van der Waals surface area contributed by atoms with E-state index < -0.39 is 5.97 Å². The Kier molecular flexibility index (Phi) is 7.32. The molecule has 0 saturated carbocycles. The summed E-state index contributed by atoms with van der Waals surface area (Å²) in [4.78, 5) is 30.2. The maximum absolute atomic E-state index is 12.8. The van der Waals surface area contributed by atoms with Gasteiger partial charge in [-0.25, -0.2) is 9.78 Å². The summed E-state index contributed by atoms with van der Waals surface area (Å²) in [6.07, 6.45) is 1.07. The second-order valence-corrected chi connectivity index (χ2v) is 9.10. The number of nitrogens with zero attached hydrogens (tertiary/aromatic N) is 1. The summed E-state index contributed by atoms with van der Waals surface area (Å²) in [6, 6.07) is 18.0. The van der Waals surface area contributed by atoms with Crippen LogP contribution in [0.2, 0.25) is 0 Å². The predicted molar refractivity (Wildman–Crippen MR) is 135 cm³/mol. The van der Waals surface area contributed by atoms with Crippen LogP contribution in [-0.4, -0.2) is 23.5 Å². The van der Waals surface area contributed by atoms with Crippen LogP contribution < -0.4 is 5.32 Å². The van der Waals surface area contributed by atoms with Crippen molar-refractivity contribution in [1.82, 2.24) is 4.98 Å². The number of benzene rings is 2. The van der Waals surface area contributed by atoms with Crippen molar-refractivity contribution < 1.29 is 14.3 Å². The van der Waals surface area contributed by atoms with Crippen molar-refractivity contribution in [3.05, 3.63) is 82.2 Å². The summed E-state index contributed by atoms with van der Waals surface area (Å²) in [7, 11) is 0. The first-order valence-electron chi connectivity index (χ1n) is 10.8. The van der Waals surface area contributed by atoms with Crippen LogP contribution in [0.5, 0.6) is 0 Å². The average Bonchev–Trinajstić information content (AvgIpc) is 3.47. The minimum Gasteiger partial charge on any atom is -0.462 e. The van der Waals surface area contributed by atoms with Crippen molar-refractivity contribution in [3.63, 3.8) is 0 Å². The fourth-order valence-corrected chi connectivity index (χ4v) is 5.22. The number of carbonyl (C=O) groups excluding carboxylic acids is 2. The van der Waals surface area contributed by atoms with Gasteiger partial charge in [0.25, 0.3) is 0 Å². The van der Waals surface area contributed by atoms with Crippen LogP contribution in [0.4, 0.5) is 5.00 Å². The number of esters is 1. The van der Waals surface area contributed by atoms with Crippen molar-refractivity contribution >= 4 is 39.6 Å². The minimum atomic E-state index is -0.441. The van der Waals surface area contributed by atoms with E-state index in [0.717, 1.165) is 28.1 Å². The normalized spacial score (nSPS) is 10.7. The summed E-state index contributed by atoms with van der Waals surface area (Å²) in [5.41, 5.74) is 5.01. The van der Waals surface area contributed by atoms with Gasteiger partial charge < -0.3 is 10.1 Å². The van der Waals surface area contributed by atoms with Crippen LogP contribution in [0.1, 0.15) is 35.5 Å². The number of carbonyl (C=O) groups is 2. The maximum Gasteiger partial charge on any atom is 0.341 e. The smallest absolute Gasteiger partial charge is 0.341 e. The van der Waals surface area contributed by atoms with E-state index >= 15 is 0 Å². The van der Waals surface area contributed by atoms with Gasteiger partial charge in [0, 0.05) is 21.9 Å². The molecule has 5 nitrogen and oxygen atoms in total. The summed E-state index contributed by atoms with van der Waals surface area (Å²) >= 11 is 2.83. The number of amides is 1. The molecule has 2 heterocycles. The lowest BCUT2D eigenvalue weighted by atomic mass is 10.0. The standard InChI is InChI=1S/C26H24N2O3S2/c1-3-17-10-12-18(13-11-17)21-16-33-25(23(21)26(30)31-4-2)28-22(29)14-20-15-32-24(27-20)19-8-6-5-7-9-19/h5-13,15-16H,3-4,14H2,1-2H3,(H,28,29). The molecule has 168 valence electrons. The van der Waals surface area contributed by atoms with E-state index in [1.807, 2.05) is 65.4 Å². The van der Waals surface area contributed by atoms with Crippen LogP contribution in [-0.2, 0) is 22.4 Å². The second-order valence-electron chi connectivity index (χ2n) is 7.36. The van der Waals surface area contributed by atoms with E-state index in [0.29, 0.717) is 16.3 Å². The number of nitrogens with one attached hydrogen (secondary N) is 1.